The minimum absolute atomic E-state index is 0.0109. The number of nitrogens with one attached hydrogen (secondary N) is 1. The van der Waals surface area contributed by atoms with Crippen molar-refractivity contribution >= 4 is 38.9 Å². The van der Waals surface area contributed by atoms with Crippen LogP contribution in [-0.2, 0) is 16.6 Å². The fraction of sp³-hybridized carbons (Fsp3) is 0.444. The Hall–Kier alpha value is -1.48. The monoisotopic (exact) mass is 427 g/mol. The van der Waals surface area contributed by atoms with Gasteiger partial charge in [0.15, 0.2) is 0 Å². The van der Waals surface area contributed by atoms with Crippen molar-refractivity contribution in [3.05, 3.63) is 44.9 Å². The number of carbonyl (C=O) groups is 1. The zero-order valence-electron chi connectivity index (χ0n) is 15.1. The van der Waals surface area contributed by atoms with E-state index in [4.69, 9.17) is 11.6 Å². The topological polar surface area (TPSA) is 79.4 Å². The van der Waals surface area contributed by atoms with Crippen molar-refractivity contribution in [1.29, 1.82) is 0 Å². The summed E-state index contributed by atoms with van der Waals surface area (Å²) in [4.78, 5) is 16.7. The normalized spacial score (nSPS) is 16.1. The van der Waals surface area contributed by atoms with Crippen molar-refractivity contribution < 1.29 is 13.2 Å². The van der Waals surface area contributed by atoms with Crippen LogP contribution in [0.1, 0.15) is 46.7 Å². The highest BCUT2D eigenvalue weighted by Gasteiger charge is 2.28. The van der Waals surface area contributed by atoms with Crippen LogP contribution in [-0.4, -0.2) is 36.7 Å². The zero-order chi connectivity index (χ0) is 19.4. The fourth-order valence-electron chi connectivity index (χ4n) is 3.03. The first-order chi connectivity index (χ1) is 12.9. The molecule has 1 fully saturated rings. The molecule has 6 nitrogen and oxygen atoms in total. The Kier molecular flexibility index (Phi) is 6.52. The number of sulfonamides is 1. The van der Waals surface area contributed by atoms with Gasteiger partial charge in [-0.3, -0.25) is 4.79 Å². The lowest BCUT2D eigenvalue weighted by Crippen LogP contribution is -2.32. The molecule has 1 aliphatic heterocycles. The summed E-state index contributed by atoms with van der Waals surface area (Å²) in [6, 6.07) is 4.36. The lowest BCUT2D eigenvalue weighted by atomic mass is 10.2. The molecule has 2 aromatic rings. The van der Waals surface area contributed by atoms with Crippen LogP contribution < -0.4 is 5.32 Å². The standard InChI is InChI=1S/C18H22ClN3O3S2/c1-13-21-15(12-26-13)11-20-18(23)14-6-7-16(19)17(10-14)27(24,25)22-8-4-2-3-5-9-22/h6-7,10,12H,2-5,8-9,11H2,1H3,(H,20,23). The Morgan fingerprint density at radius 3 is 2.59 bits per heavy atom. The number of aryl methyl sites for hydroxylation is 1. The number of halogens is 1. The number of nitrogens with zero attached hydrogens (tertiary/aromatic N) is 2. The second-order valence-corrected chi connectivity index (χ2v) is 9.88. The number of thiazole rings is 1. The highest BCUT2D eigenvalue weighted by Crippen LogP contribution is 2.27. The van der Waals surface area contributed by atoms with E-state index < -0.39 is 10.0 Å². The molecule has 0 spiro atoms. The van der Waals surface area contributed by atoms with E-state index in [0.717, 1.165) is 36.4 Å². The van der Waals surface area contributed by atoms with Gasteiger partial charge in [0.25, 0.3) is 5.91 Å². The molecule has 1 aromatic carbocycles. The molecule has 0 atom stereocenters. The van der Waals surface area contributed by atoms with Gasteiger partial charge in [0.1, 0.15) is 4.90 Å². The van der Waals surface area contributed by atoms with Gasteiger partial charge in [0.2, 0.25) is 10.0 Å². The van der Waals surface area contributed by atoms with Crippen LogP contribution in [0.2, 0.25) is 5.02 Å². The third-order valence-electron chi connectivity index (χ3n) is 4.47. The molecule has 9 heteroatoms. The average molecular weight is 428 g/mol. The van der Waals surface area contributed by atoms with Gasteiger partial charge in [-0.15, -0.1) is 11.3 Å². The second kappa shape index (κ2) is 8.68. The van der Waals surface area contributed by atoms with E-state index in [0.29, 0.717) is 19.6 Å². The summed E-state index contributed by atoms with van der Waals surface area (Å²) >= 11 is 7.69. The molecule has 1 amide bonds. The van der Waals surface area contributed by atoms with E-state index in [-0.39, 0.29) is 21.4 Å². The van der Waals surface area contributed by atoms with E-state index in [1.54, 1.807) is 0 Å². The van der Waals surface area contributed by atoms with Crippen molar-refractivity contribution in [1.82, 2.24) is 14.6 Å². The van der Waals surface area contributed by atoms with Gasteiger partial charge in [-0.1, -0.05) is 24.4 Å². The first kappa shape index (κ1) is 20.3. The zero-order valence-corrected chi connectivity index (χ0v) is 17.5. The van der Waals surface area contributed by atoms with E-state index in [9.17, 15) is 13.2 Å². The van der Waals surface area contributed by atoms with Gasteiger partial charge in [-0.05, 0) is 38.0 Å². The lowest BCUT2D eigenvalue weighted by molar-refractivity contribution is 0.0950. The van der Waals surface area contributed by atoms with Gasteiger partial charge in [0, 0.05) is 24.0 Å². The van der Waals surface area contributed by atoms with Crippen LogP contribution in [0.4, 0.5) is 0 Å². The maximum Gasteiger partial charge on any atom is 0.251 e. The van der Waals surface area contributed by atoms with E-state index in [1.807, 2.05) is 12.3 Å². The molecule has 2 heterocycles. The van der Waals surface area contributed by atoms with Crippen LogP contribution in [0.5, 0.6) is 0 Å². The molecule has 0 bridgehead atoms. The first-order valence-electron chi connectivity index (χ1n) is 8.87. The van der Waals surface area contributed by atoms with E-state index in [1.165, 1.54) is 33.8 Å². The van der Waals surface area contributed by atoms with Crippen molar-refractivity contribution in [2.75, 3.05) is 13.1 Å². The Morgan fingerprint density at radius 2 is 1.96 bits per heavy atom. The van der Waals surface area contributed by atoms with Crippen LogP contribution in [0.15, 0.2) is 28.5 Å². The second-order valence-electron chi connectivity index (χ2n) is 6.50. The molecule has 0 aliphatic carbocycles. The first-order valence-corrected chi connectivity index (χ1v) is 11.6. The predicted octanol–water partition coefficient (Wildman–Crippen LogP) is 3.60. The molecule has 1 aliphatic rings. The summed E-state index contributed by atoms with van der Waals surface area (Å²) in [5.74, 6) is -0.357. The molecule has 0 unspecified atom stereocenters. The summed E-state index contributed by atoms with van der Waals surface area (Å²) in [5, 5.41) is 5.71. The maximum atomic E-state index is 13.0. The number of aromatic nitrogens is 1. The van der Waals surface area contributed by atoms with Gasteiger partial charge < -0.3 is 5.32 Å². The predicted molar refractivity (Wildman–Crippen MR) is 107 cm³/mol. The van der Waals surface area contributed by atoms with Crippen LogP contribution in [0.25, 0.3) is 0 Å². The molecule has 0 saturated carbocycles. The highest BCUT2D eigenvalue weighted by molar-refractivity contribution is 7.89. The minimum Gasteiger partial charge on any atom is -0.346 e. The highest BCUT2D eigenvalue weighted by atomic mass is 35.5. The Morgan fingerprint density at radius 1 is 1.26 bits per heavy atom. The van der Waals surface area contributed by atoms with Gasteiger partial charge in [-0.25, -0.2) is 13.4 Å². The third kappa shape index (κ3) is 4.87. The maximum absolute atomic E-state index is 13.0. The van der Waals surface area contributed by atoms with Crippen LogP contribution in [0.3, 0.4) is 0 Å². The summed E-state index contributed by atoms with van der Waals surface area (Å²) < 4.78 is 27.5. The Labute approximate surface area is 168 Å². The van der Waals surface area contributed by atoms with Gasteiger partial charge >= 0.3 is 0 Å². The van der Waals surface area contributed by atoms with E-state index in [2.05, 4.69) is 10.3 Å². The molecule has 146 valence electrons. The molecule has 1 aromatic heterocycles. The van der Waals surface area contributed by atoms with Gasteiger partial charge in [-0.2, -0.15) is 4.31 Å². The summed E-state index contributed by atoms with van der Waals surface area (Å²) in [5.41, 5.74) is 1.04. The average Bonchev–Trinajstić information content (AvgIpc) is 2.88. The molecular weight excluding hydrogens is 406 g/mol. The third-order valence-corrected chi connectivity index (χ3v) is 7.68. The summed E-state index contributed by atoms with van der Waals surface area (Å²) in [6.07, 6.45) is 3.73. The number of amides is 1. The lowest BCUT2D eigenvalue weighted by Gasteiger charge is -2.21. The number of rotatable bonds is 5. The number of hydrogen-bond donors (Lipinski definition) is 1. The fourth-order valence-corrected chi connectivity index (χ4v) is 5.66. The summed E-state index contributed by atoms with van der Waals surface area (Å²) in [7, 11) is -3.73. The smallest absolute Gasteiger partial charge is 0.251 e. The molecule has 1 N–H and O–H groups in total. The van der Waals surface area contributed by atoms with Crippen molar-refractivity contribution in [3.63, 3.8) is 0 Å². The van der Waals surface area contributed by atoms with Crippen molar-refractivity contribution in [2.24, 2.45) is 0 Å². The molecule has 0 radical (unpaired) electrons. The molecule has 27 heavy (non-hydrogen) atoms. The summed E-state index contributed by atoms with van der Waals surface area (Å²) in [6.45, 7) is 3.16. The largest absolute Gasteiger partial charge is 0.346 e. The Balaban J connectivity index is 1.79. The minimum atomic E-state index is -3.73. The van der Waals surface area contributed by atoms with E-state index >= 15 is 0 Å². The van der Waals surface area contributed by atoms with Crippen LogP contribution >= 0.6 is 22.9 Å². The van der Waals surface area contributed by atoms with Gasteiger partial charge in [0.05, 0.1) is 22.3 Å². The number of carbonyl (C=O) groups excluding carboxylic acids is 1. The molecular formula is C18H22ClN3O3S2. The molecule has 1 saturated heterocycles. The number of hydrogen-bond acceptors (Lipinski definition) is 5. The van der Waals surface area contributed by atoms with Crippen molar-refractivity contribution in [3.8, 4) is 0 Å². The quantitative estimate of drug-likeness (QED) is 0.790. The number of benzene rings is 1. The SMILES string of the molecule is Cc1nc(CNC(=O)c2ccc(Cl)c(S(=O)(=O)N3CCCCCC3)c2)cs1. The van der Waals surface area contributed by atoms with Crippen molar-refractivity contribution in [2.45, 2.75) is 44.0 Å². The molecule has 3 rings (SSSR count). The van der Waals surface area contributed by atoms with Crippen LogP contribution in [0, 0.1) is 6.92 Å². The Bertz CT molecular complexity index is 920.